The minimum absolute atomic E-state index is 0.0113. The van der Waals surface area contributed by atoms with Crippen LogP contribution >= 0.6 is 11.6 Å². The number of sulfone groups is 1. The first kappa shape index (κ1) is 21.7. The van der Waals surface area contributed by atoms with Crippen LogP contribution in [0.2, 0.25) is 5.02 Å². The molecule has 156 valence electrons. The summed E-state index contributed by atoms with van der Waals surface area (Å²) < 4.78 is 30.0. The van der Waals surface area contributed by atoms with Gasteiger partial charge in [0.2, 0.25) is 0 Å². The van der Waals surface area contributed by atoms with Crippen LogP contribution in [0.5, 0.6) is 5.75 Å². The van der Waals surface area contributed by atoms with Crippen LogP contribution in [0.25, 0.3) is 0 Å². The van der Waals surface area contributed by atoms with Gasteiger partial charge in [-0.2, -0.15) is 0 Å². The third kappa shape index (κ3) is 5.73. The molecule has 0 radical (unpaired) electrons. The second-order valence-corrected chi connectivity index (χ2v) is 10.4. The minimum Gasteiger partial charge on any atom is -0.481 e. The molecule has 2 aromatic carbocycles. The summed E-state index contributed by atoms with van der Waals surface area (Å²) in [4.78, 5) is 14.9. The molecule has 5 nitrogen and oxygen atoms in total. The van der Waals surface area contributed by atoms with Gasteiger partial charge in [0.1, 0.15) is 5.75 Å². The number of hydrogen-bond donors (Lipinski definition) is 0. The highest BCUT2D eigenvalue weighted by atomic mass is 35.5. The van der Waals surface area contributed by atoms with E-state index in [2.05, 4.69) is 0 Å². The van der Waals surface area contributed by atoms with Gasteiger partial charge in [0, 0.05) is 17.6 Å². The molecule has 1 fully saturated rings. The van der Waals surface area contributed by atoms with E-state index in [0.29, 0.717) is 23.7 Å². The SMILES string of the molecule is Cc1cc(C)cc(O[C@@H](C)C(=O)N(Cc2ccc(Cl)cc2)[C@@H]2CCS(=O)(=O)C2)c1. The summed E-state index contributed by atoms with van der Waals surface area (Å²) in [6.45, 7) is 5.97. The van der Waals surface area contributed by atoms with Crippen LogP contribution in [0, 0.1) is 13.8 Å². The monoisotopic (exact) mass is 435 g/mol. The molecule has 2 atom stereocenters. The molecule has 1 heterocycles. The Bertz CT molecular complexity index is 968. The first-order valence-electron chi connectivity index (χ1n) is 9.63. The van der Waals surface area contributed by atoms with E-state index >= 15 is 0 Å². The molecule has 1 amide bonds. The Morgan fingerprint density at radius 2 is 1.79 bits per heavy atom. The lowest BCUT2D eigenvalue weighted by molar-refractivity contribution is -0.140. The summed E-state index contributed by atoms with van der Waals surface area (Å²) in [7, 11) is -3.12. The fraction of sp³-hybridized carbons (Fsp3) is 0.409. The molecule has 1 aliphatic heterocycles. The van der Waals surface area contributed by atoms with Crippen molar-refractivity contribution in [1.29, 1.82) is 0 Å². The predicted octanol–water partition coefficient (Wildman–Crippen LogP) is 3.94. The molecule has 1 aliphatic rings. The van der Waals surface area contributed by atoms with Crippen LogP contribution in [-0.2, 0) is 21.2 Å². The van der Waals surface area contributed by atoms with Gasteiger partial charge in [-0.3, -0.25) is 4.79 Å². The summed E-state index contributed by atoms with van der Waals surface area (Å²) in [6.07, 6.45) is -0.287. The summed E-state index contributed by atoms with van der Waals surface area (Å²) in [5.74, 6) is 0.506. The highest BCUT2D eigenvalue weighted by molar-refractivity contribution is 7.91. The number of ether oxygens (including phenoxy) is 1. The predicted molar refractivity (Wildman–Crippen MR) is 115 cm³/mol. The molecule has 7 heteroatoms. The maximum Gasteiger partial charge on any atom is 0.263 e. The third-order valence-electron chi connectivity index (χ3n) is 5.05. The Labute approximate surface area is 177 Å². The molecule has 0 bridgehead atoms. The average molecular weight is 436 g/mol. The average Bonchev–Trinajstić information content (AvgIpc) is 2.99. The fourth-order valence-electron chi connectivity index (χ4n) is 3.68. The molecule has 1 saturated heterocycles. The van der Waals surface area contributed by atoms with Crippen molar-refractivity contribution < 1.29 is 17.9 Å². The number of amides is 1. The van der Waals surface area contributed by atoms with Crippen LogP contribution < -0.4 is 4.74 Å². The summed E-state index contributed by atoms with van der Waals surface area (Å²) in [6, 6.07) is 12.7. The van der Waals surface area contributed by atoms with E-state index in [4.69, 9.17) is 16.3 Å². The number of carbonyl (C=O) groups excluding carboxylic acids is 1. The van der Waals surface area contributed by atoms with Crippen molar-refractivity contribution in [3.8, 4) is 5.75 Å². The second kappa shape index (κ2) is 8.76. The lowest BCUT2D eigenvalue weighted by Gasteiger charge is -2.31. The van der Waals surface area contributed by atoms with Gasteiger partial charge in [-0.25, -0.2) is 8.42 Å². The van der Waals surface area contributed by atoms with Crippen LogP contribution in [-0.4, -0.2) is 42.9 Å². The van der Waals surface area contributed by atoms with E-state index in [-0.39, 0.29) is 23.5 Å². The van der Waals surface area contributed by atoms with Crippen molar-refractivity contribution in [3.63, 3.8) is 0 Å². The van der Waals surface area contributed by atoms with Gasteiger partial charge < -0.3 is 9.64 Å². The van der Waals surface area contributed by atoms with Crippen LogP contribution in [0.4, 0.5) is 0 Å². The molecule has 0 saturated carbocycles. The first-order valence-corrected chi connectivity index (χ1v) is 11.8. The van der Waals surface area contributed by atoms with Gasteiger partial charge in [-0.15, -0.1) is 0 Å². The van der Waals surface area contributed by atoms with Gasteiger partial charge in [0.25, 0.3) is 5.91 Å². The Morgan fingerprint density at radius 3 is 2.34 bits per heavy atom. The Balaban J connectivity index is 1.81. The van der Waals surface area contributed by atoms with Crippen molar-refractivity contribution in [2.75, 3.05) is 11.5 Å². The summed E-state index contributed by atoms with van der Waals surface area (Å²) in [5.41, 5.74) is 3.00. The van der Waals surface area contributed by atoms with Crippen molar-refractivity contribution in [2.45, 2.75) is 45.9 Å². The number of nitrogens with zero attached hydrogens (tertiary/aromatic N) is 1. The normalized spacial score (nSPS) is 19.0. The number of aryl methyl sites for hydroxylation is 2. The number of halogens is 1. The van der Waals surface area contributed by atoms with E-state index < -0.39 is 15.9 Å². The standard InChI is InChI=1S/C22H26ClNO4S/c1-15-10-16(2)12-21(11-15)28-17(3)22(25)24(20-8-9-29(26,27)14-20)13-18-4-6-19(23)7-5-18/h4-7,10-12,17,20H,8-9,13-14H2,1-3H3/t17-,20+/m0/s1. The zero-order valence-electron chi connectivity index (χ0n) is 16.9. The number of hydrogen-bond acceptors (Lipinski definition) is 4. The van der Waals surface area contributed by atoms with E-state index in [1.165, 1.54) is 0 Å². The van der Waals surface area contributed by atoms with E-state index in [1.54, 1.807) is 24.0 Å². The van der Waals surface area contributed by atoms with E-state index in [0.717, 1.165) is 16.7 Å². The highest BCUT2D eigenvalue weighted by Crippen LogP contribution is 2.24. The molecule has 0 spiro atoms. The molecule has 0 aliphatic carbocycles. The molecule has 0 aromatic heterocycles. The number of rotatable bonds is 6. The van der Waals surface area contributed by atoms with Crippen molar-refractivity contribution in [3.05, 3.63) is 64.2 Å². The quantitative estimate of drug-likeness (QED) is 0.689. The molecule has 3 rings (SSSR count). The molecule has 0 unspecified atom stereocenters. The van der Waals surface area contributed by atoms with Crippen LogP contribution in [0.3, 0.4) is 0 Å². The first-order chi connectivity index (χ1) is 13.6. The molecular weight excluding hydrogens is 410 g/mol. The number of benzene rings is 2. The van der Waals surface area contributed by atoms with Crippen molar-refractivity contribution in [1.82, 2.24) is 4.90 Å². The van der Waals surface area contributed by atoms with Crippen LogP contribution in [0.1, 0.15) is 30.0 Å². The summed E-state index contributed by atoms with van der Waals surface area (Å²) >= 11 is 5.96. The maximum absolute atomic E-state index is 13.3. The maximum atomic E-state index is 13.3. The smallest absolute Gasteiger partial charge is 0.263 e. The minimum atomic E-state index is -3.12. The topological polar surface area (TPSA) is 63.7 Å². The summed E-state index contributed by atoms with van der Waals surface area (Å²) in [5, 5.41) is 0.613. The highest BCUT2D eigenvalue weighted by Gasteiger charge is 2.36. The van der Waals surface area contributed by atoms with E-state index in [1.807, 2.05) is 44.2 Å². The molecule has 2 aromatic rings. The van der Waals surface area contributed by atoms with Gasteiger partial charge >= 0.3 is 0 Å². The van der Waals surface area contributed by atoms with Gasteiger partial charge in [0.05, 0.1) is 11.5 Å². The van der Waals surface area contributed by atoms with Gasteiger partial charge in [-0.1, -0.05) is 29.8 Å². The zero-order chi connectivity index (χ0) is 21.2. The van der Waals surface area contributed by atoms with Crippen molar-refractivity contribution in [2.24, 2.45) is 0 Å². The molecule has 29 heavy (non-hydrogen) atoms. The lowest BCUT2D eigenvalue weighted by Crippen LogP contribution is -2.46. The second-order valence-electron chi connectivity index (χ2n) is 7.73. The van der Waals surface area contributed by atoms with E-state index in [9.17, 15) is 13.2 Å². The fourth-order valence-corrected chi connectivity index (χ4v) is 5.54. The number of carbonyl (C=O) groups is 1. The van der Waals surface area contributed by atoms with Crippen molar-refractivity contribution >= 4 is 27.3 Å². The largest absolute Gasteiger partial charge is 0.481 e. The lowest BCUT2D eigenvalue weighted by atomic mass is 10.1. The Hall–Kier alpha value is -2.05. The van der Waals surface area contributed by atoms with Gasteiger partial charge in [-0.05, 0) is 68.1 Å². The van der Waals surface area contributed by atoms with Gasteiger partial charge in [0.15, 0.2) is 15.9 Å². The Morgan fingerprint density at radius 1 is 1.17 bits per heavy atom. The third-order valence-corrected chi connectivity index (χ3v) is 7.06. The Kier molecular flexibility index (Phi) is 6.54. The molecular formula is C22H26ClNO4S. The zero-order valence-corrected chi connectivity index (χ0v) is 18.5. The molecule has 0 N–H and O–H groups in total. The van der Waals surface area contributed by atoms with Crippen LogP contribution in [0.15, 0.2) is 42.5 Å².